The van der Waals surface area contributed by atoms with Crippen LogP contribution in [-0.2, 0) is 0 Å². The SMILES string of the molecule is Clc1nc(-c2ccccc2)cc(-c2ccc(-c3ccc(-c4cc(-c5ccccc5)nc(Cl)n4)cc3)cc2)n1.O[B]Oc1ccc2ccccc2c1.[2HH].c1ccc(-c2cc(-c3ccc(-c4ccc(-c5cc(-c6ccccc6)nc(-c6ccc7ccccc7c6)n5)cc4)cc3)nc(-c3ccc4ccccc4c3)n2)cc1. The Morgan fingerprint density at radius 3 is 0.701 bits per heavy atom. The van der Waals surface area contributed by atoms with Gasteiger partial charge >= 0.3 is 7.69 Å². The number of hydrogen-bond acceptors (Lipinski definition) is 10. The first-order chi connectivity index (χ1) is 52.7. The molecule has 13 heteroatoms. The summed E-state index contributed by atoms with van der Waals surface area (Å²) in [7, 11) is 0.685. The summed E-state index contributed by atoms with van der Waals surface area (Å²) in [4.78, 5) is 38.0. The van der Waals surface area contributed by atoms with Gasteiger partial charge in [-0.1, -0.05) is 322 Å². The second-order valence-electron chi connectivity index (χ2n) is 25.4. The van der Waals surface area contributed by atoms with Crippen LogP contribution in [0.1, 0.15) is 1.43 Å². The zero-order valence-electron chi connectivity index (χ0n) is 57.5. The summed E-state index contributed by atoms with van der Waals surface area (Å²) in [6, 6.07) is 126. The molecule has 4 aromatic heterocycles. The van der Waals surface area contributed by atoms with Crippen molar-refractivity contribution >= 4 is 63.2 Å². The van der Waals surface area contributed by atoms with Crippen LogP contribution in [-0.4, -0.2) is 52.6 Å². The van der Waals surface area contributed by atoms with Crippen LogP contribution in [0.5, 0.6) is 5.75 Å². The lowest BCUT2D eigenvalue weighted by Gasteiger charge is -2.11. The number of rotatable bonds is 14. The summed E-state index contributed by atoms with van der Waals surface area (Å²) in [5.41, 5.74) is 21.2. The summed E-state index contributed by atoms with van der Waals surface area (Å²) < 4.78 is 4.84. The Morgan fingerprint density at radius 1 is 0.206 bits per heavy atom. The number of hydrogen-bond donors (Lipinski definition) is 1. The van der Waals surface area contributed by atoms with E-state index in [4.69, 9.17) is 52.8 Å². The largest absolute Gasteiger partial charge is 0.569 e. The maximum absolute atomic E-state index is 8.44. The Labute approximate surface area is 631 Å². The molecule has 0 unspecified atom stereocenters. The smallest absolute Gasteiger partial charge is 0.537 e. The second-order valence-corrected chi connectivity index (χ2v) is 26.0. The molecule has 18 rings (SSSR count). The molecule has 0 aliphatic rings. The van der Waals surface area contributed by atoms with Crippen LogP contribution >= 0.6 is 23.2 Å². The van der Waals surface area contributed by atoms with Gasteiger partial charge in [0.2, 0.25) is 10.6 Å². The Hall–Kier alpha value is -13.4. The quantitative estimate of drug-likeness (QED) is 0.0829. The third-order valence-electron chi connectivity index (χ3n) is 18.4. The molecule has 14 aromatic carbocycles. The van der Waals surface area contributed by atoms with E-state index < -0.39 is 0 Å². The lowest BCUT2D eigenvalue weighted by Crippen LogP contribution is -1.99. The van der Waals surface area contributed by atoms with E-state index in [1.807, 2.05) is 176 Å². The number of aromatic nitrogens is 8. The predicted molar refractivity (Wildman–Crippen MR) is 440 cm³/mol. The molecular formula is C94H64BCl2N8O2. The van der Waals surface area contributed by atoms with Gasteiger partial charge in [0.05, 0.1) is 45.6 Å². The maximum atomic E-state index is 8.44. The van der Waals surface area contributed by atoms with Gasteiger partial charge in [-0.15, -0.1) is 0 Å². The highest BCUT2D eigenvalue weighted by Crippen LogP contribution is 2.36. The summed E-state index contributed by atoms with van der Waals surface area (Å²) in [5.74, 6) is 2.05. The average molecular weight is 1420 g/mol. The molecule has 0 aliphatic carbocycles. The zero-order valence-corrected chi connectivity index (χ0v) is 59.0. The van der Waals surface area contributed by atoms with E-state index in [2.05, 4.69) is 214 Å². The summed E-state index contributed by atoms with van der Waals surface area (Å²) in [5, 5.41) is 15.9. The van der Waals surface area contributed by atoms with Crippen molar-refractivity contribution in [3.8, 4) is 141 Å². The topological polar surface area (TPSA) is 133 Å². The normalized spacial score (nSPS) is 10.9. The van der Waals surface area contributed by atoms with Crippen molar-refractivity contribution in [1.29, 1.82) is 0 Å². The maximum Gasteiger partial charge on any atom is 0.569 e. The molecule has 1 radical (unpaired) electrons. The van der Waals surface area contributed by atoms with Gasteiger partial charge in [-0.3, -0.25) is 0 Å². The molecule has 1 N–H and O–H groups in total. The van der Waals surface area contributed by atoms with Crippen molar-refractivity contribution in [2.24, 2.45) is 0 Å². The lowest BCUT2D eigenvalue weighted by atomic mass is 9.99. The molecule has 10 nitrogen and oxygen atoms in total. The van der Waals surface area contributed by atoms with E-state index in [-0.39, 0.29) is 12.0 Å². The molecule has 0 bridgehead atoms. The molecular weight excluding hydrogens is 1350 g/mol. The fraction of sp³-hybridized carbons (Fsp3) is 0. The van der Waals surface area contributed by atoms with Crippen LogP contribution in [0.4, 0.5) is 0 Å². The van der Waals surface area contributed by atoms with Gasteiger partial charge in [0.25, 0.3) is 0 Å². The monoisotopic (exact) mass is 1420 g/mol. The fourth-order valence-corrected chi connectivity index (χ4v) is 13.3. The highest BCUT2D eigenvalue weighted by Gasteiger charge is 2.17. The minimum atomic E-state index is 0. The first kappa shape index (κ1) is 68.0. The predicted octanol–water partition coefficient (Wildman–Crippen LogP) is 24.1. The fourth-order valence-electron chi connectivity index (χ4n) is 12.9. The van der Waals surface area contributed by atoms with Crippen molar-refractivity contribution < 1.29 is 11.1 Å². The van der Waals surface area contributed by atoms with Crippen LogP contribution in [0.3, 0.4) is 0 Å². The molecule has 107 heavy (non-hydrogen) atoms. The van der Waals surface area contributed by atoms with Crippen LogP contribution in [0, 0.1) is 0 Å². The summed E-state index contributed by atoms with van der Waals surface area (Å²) in [6.07, 6.45) is 0. The van der Waals surface area contributed by atoms with Gasteiger partial charge in [-0.05, 0) is 126 Å². The molecule has 509 valence electrons. The summed E-state index contributed by atoms with van der Waals surface area (Å²) >= 11 is 12.5. The molecule has 0 aliphatic heterocycles. The van der Waals surface area contributed by atoms with Crippen LogP contribution in [0.25, 0.3) is 167 Å². The number of fused-ring (bicyclic) bond motifs is 3. The molecule has 0 saturated carbocycles. The van der Waals surface area contributed by atoms with Gasteiger partial charge in [0.15, 0.2) is 11.6 Å². The first-order valence-electron chi connectivity index (χ1n) is 34.8. The minimum absolute atomic E-state index is 0. The highest BCUT2D eigenvalue weighted by molar-refractivity contribution is 6.28. The van der Waals surface area contributed by atoms with Gasteiger partial charge in [0.1, 0.15) is 5.75 Å². The van der Waals surface area contributed by atoms with Gasteiger partial charge in [-0.25, -0.2) is 39.9 Å². The van der Waals surface area contributed by atoms with E-state index >= 15 is 0 Å². The first-order valence-corrected chi connectivity index (χ1v) is 35.6. The molecule has 0 fully saturated rings. The molecule has 0 spiro atoms. The average Bonchev–Trinajstić information content (AvgIpc) is 0.785. The standard InChI is InChI=1S/C52H34N4.C32H20Cl2N4.C10H8BO2.H2/c1-3-13-39(14-4-1)47-33-49(55-51(53-47)45-29-23-35-11-7-9-17-43(35)31-45)41-25-19-37(20-26-41)38-21-27-42(28-22-38)50-34-48(40-15-5-2-6-16-40)54-52(56-50)46-30-24-36-12-8-10-18-44(36)32-46;33-31-35-27(23-7-3-1-4-8-23)19-29(37-31)25-15-11-21(12-16-25)22-13-17-26(18-14-22)30-20-28(36-32(34)38-30)24-9-5-2-6-10-24;12-11-13-10-6-5-8-3-1-2-4-9(8)7-10;/h1-34H;1-20H;1-7,12H;1H/i;;;1+1. The molecule has 4 heterocycles. The van der Waals surface area contributed by atoms with Crippen LogP contribution in [0.15, 0.2) is 370 Å². The zero-order chi connectivity index (χ0) is 72.3. The van der Waals surface area contributed by atoms with Gasteiger partial charge in [0, 0.05) is 57.1 Å². The Balaban J connectivity index is 0.000000153. The third-order valence-corrected chi connectivity index (χ3v) is 18.8. The van der Waals surface area contributed by atoms with E-state index in [0.29, 0.717) is 25.1 Å². The van der Waals surface area contributed by atoms with Gasteiger partial charge in [-0.2, -0.15) is 0 Å². The van der Waals surface area contributed by atoms with Crippen molar-refractivity contribution in [3.63, 3.8) is 0 Å². The Morgan fingerprint density at radius 2 is 0.421 bits per heavy atom. The lowest BCUT2D eigenvalue weighted by molar-refractivity contribution is 0.454. The molecule has 0 saturated heterocycles. The van der Waals surface area contributed by atoms with Crippen molar-refractivity contribution in [1.82, 2.24) is 39.9 Å². The van der Waals surface area contributed by atoms with Crippen molar-refractivity contribution in [2.45, 2.75) is 0 Å². The van der Waals surface area contributed by atoms with Crippen LogP contribution in [0.2, 0.25) is 10.6 Å². The van der Waals surface area contributed by atoms with E-state index in [9.17, 15) is 0 Å². The highest BCUT2D eigenvalue weighted by atomic mass is 35.5. The molecule has 18 aromatic rings. The molecule has 0 amide bonds. The Kier molecular flexibility index (Phi) is 20.1. The third kappa shape index (κ3) is 16.0. The van der Waals surface area contributed by atoms with E-state index in [0.717, 1.165) is 145 Å². The number of nitrogens with zero attached hydrogens (tertiary/aromatic N) is 8. The van der Waals surface area contributed by atoms with E-state index in [1.54, 1.807) is 0 Å². The van der Waals surface area contributed by atoms with E-state index in [1.165, 1.54) is 10.8 Å². The molecule has 0 atom stereocenters. The summed E-state index contributed by atoms with van der Waals surface area (Å²) in [6.45, 7) is 0. The van der Waals surface area contributed by atoms with Crippen molar-refractivity contribution in [3.05, 3.63) is 381 Å². The van der Waals surface area contributed by atoms with Crippen LogP contribution < -0.4 is 4.65 Å². The Bertz CT molecular complexity index is 5820. The number of halogens is 2. The van der Waals surface area contributed by atoms with Crippen molar-refractivity contribution in [2.75, 3.05) is 0 Å². The minimum Gasteiger partial charge on any atom is -0.537 e. The van der Waals surface area contributed by atoms with Gasteiger partial charge < -0.3 is 9.68 Å². The number of benzene rings is 14. The second kappa shape index (κ2) is 31.7.